The van der Waals surface area contributed by atoms with Crippen molar-refractivity contribution in [2.75, 3.05) is 4.90 Å². The van der Waals surface area contributed by atoms with Gasteiger partial charge in [0.05, 0.1) is 10.4 Å². The minimum atomic E-state index is 0.859. The van der Waals surface area contributed by atoms with Crippen LogP contribution in [-0.2, 0) is 0 Å². The highest BCUT2D eigenvalue weighted by Crippen LogP contribution is 2.46. The van der Waals surface area contributed by atoms with E-state index < -0.39 is 0 Å². The topological polar surface area (TPSA) is 42.2 Å². The van der Waals surface area contributed by atoms with Crippen molar-refractivity contribution in [3.8, 4) is 11.1 Å². The first-order valence-corrected chi connectivity index (χ1v) is 17.9. The minimum Gasteiger partial charge on any atom is -0.456 e. The predicted molar refractivity (Wildman–Crippen MR) is 215 cm³/mol. The zero-order chi connectivity index (χ0) is 33.5. The van der Waals surface area contributed by atoms with Gasteiger partial charge in [-0.1, -0.05) is 91.0 Å². The molecule has 11 rings (SSSR count). The molecule has 51 heavy (non-hydrogen) atoms. The second kappa shape index (κ2) is 11.0. The number of benzene rings is 8. The van der Waals surface area contributed by atoms with Crippen LogP contribution in [0.15, 0.2) is 169 Å². The van der Waals surface area contributed by atoms with Crippen LogP contribution in [0.4, 0.5) is 17.1 Å². The second-order valence-corrected chi connectivity index (χ2v) is 14.1. The Balaban J connectivity index is 1.14. The molecule has 8 aromatic carbocycles. The van der Waals surface area contributed by atoms with Crippen molar-refractivity contribution in [3.63, 3.8) is 0 Å². The van der Waals surface area contributed by atoms with Crippen LogP contribution in [0.25, 0.3) is 85.6 Å². The van der Waals surface area contributed by atoms with Gasteiger partial charge >= 0.3 is 0 Å². The molecule has 0 spiro atoms. The molecular formula is C46H27N3OS. The highest BCUT2D eigenvalue weighted by molar-refractivity contribution is 7.26. The molecular weight excluding hydrogens is 643 g/mol. The lowest BCUT2D eigenvalue weighted by Crippen LogP contribution is -2.10. The molecule has 0 atom stereocenters. The Morgan fingerprint density at radius 2 is 1.04 bits per heavy atom. The van der Waals surface area contributed by atoms with Crippen molar-refractivity contribution in [2.24, 2.45) is 0 Å². The Kier molecular flexibility index (Phi) is 6.09. The maximum atomic E-state index is 6.76. The van der Waals surface area contributed by atoms with Crippen LogP contribution in [0.3, 0.4) is 0 Å². The van der Waals surface area contributed by atoms with E-state index in [-0.39, 0.29) is 0 Å². The number of fused-ring (bicyclic) bond motifs is 12. The van der Waals surface area contributed by atoms with E-state index in [1.807, 2.05) is 23.7 Å². The maximum absolute atomic E-state index is 6.76. The van der Waals surface area contributed by atoms with Gasteiger partial charge in [-0.15, -0.1) is 11.3 Å². The highest BCUT2D eigenvalue weighted by atomic mass is 32.1. The van der Waals surface area contributed by atoms with Crippen molar-refractivity contribution in [2.45, 2.75) is 0 Å². The molecule has 4 nitrogen and oxygen atoms in total. The lowest BCUT2D eigenvalue weighted by molar-refractivity contribution is 0.669. The molecule has 0 bridgehead atoms. The molecule has 0 saturated heterocycles. The molecule has 3 heterocycles. The summed E-state index contributed by atoms with van der Waals surface area (Å²) in [5, 5.41) is 12.2. The largest absolute Gasteiger partial charge is 0.456 e. The molecule has 0 aliphatic carbocycles. The molecule has 0 aliphatic heterocycles. The fourth-order valence-electron chi connectivity index (χ4n) is 7.89. The van der Waals surface area contributed by atoms with Gasteiger partial charge in [0.2, 0.25) is 0 Å². The predicted octanol–water partition coefficient (Wildman–Crippen LogP) is 13.3. The first-order chi connectivity index (χ1) is 25.3. The summed E-state index contributed by atoms with van der Waals surface area (Å²) in [4.78, 5) is 10.8. The number of thiophene rings is 1. The second-order valence-electron chi connectivity index (χ2n) is 13.0. The van der Waals surface area contributed by atoms with E-state index in [0.717, 1.165) is 50.1 Å². The third kappa shape index (κ3) is 4.32. The Morgan fingerprint density at radius 3 is 1.78 bits per heavy atom. The summed E-state index contributed by atoms with van der Waals surface area (Å²) in [6.45, 7) is 0. The Hall–Kier alpha value is -6.56. The van der Waals surface area contributed by atoms with Gasteiger partial charge in [-0.25, -0.2) is 9.97 Å². The number of nitrogens with zero attached hydrogens (tertiary/aromatic N) is 3. The SMILES string of the molecule is c1ccc2c(c1)sc1c(N(c3ccc(-c4cncnc4)cc3)c3ccc4c(c3)oc3cc5c6ccccc6c6ccccc6c5cc34)cccc12. The van der Waals surface area contributed by atoms with Crippen molar-refractivity contribution in [1.29, 1.82) is 0 Å². The molecule has 5 heteroatoms. The van der Waals surface area contributed by atoms with Gasteiger partial charge in [0.1, 0.15) is 17.5 Å². The van der Waals surface area contributed by atoms with Crippen molar-refractivity contribution in [1.82, 2.24) is 9.97 Å². The van der Waals surface area contributed by atoms with E-state index in [0.29, 0.717) is 0 Å². The van der Waals surface area contributed by atoms with Crippen LogP contribution >= 0.6 is 11.3 Å². The van der Waals surface area contributed by atoms with Gasteiger partial charge < -0.3 is 9.32 Å². The van der Waals surface area contributed by atoms with Crippen LogP contribution in [0.5, 0.6) is 0 Å². The van der Waals surface area contributed by atoms with Crippen molar-refractivity contribution >= 4 is 103 Å². The number of anilines is 3. The van der Waals surface area contributed by atoms with Crippen LogP contribution in [0.2, 0.25) is 0 Å². The summed E-state index contributed by atoms with van der Waals surface area (Å²) >= 11 is 1.83. The molecule has 0 radical (unpaired) electrons. The summed E-state index contributed by atoms with van der Waals surface area (Å²) in [6.07, 6.45) is 5.26. The Labute approximate surface area is 296 Å². The van der Waals surface area contributed by atoms with Gasteiger partial charge in [-0.2, -0.15) is 0 Å². The first-order valence-electron chi connectivity index (χ1n) is 17.0. The van der Waals surface area contributed by atoms with Crippen LogP contribution in [0, 0.1) is 0 Å². The van der Waals surface area contributed by atoms with Crippen LogP contribution in [0.1, 0.15) is 0 Å². The molecule has 3 aromatic heterocycles. The lowest BCUT2D eigenvalue weighted by atomic mass is 9.93. The van der Waals surface area contributed by atoms with Crippen LogP contribution < -0.4 is 4.90 Å². The maximum Gasteiger partial charge on any atom is 0.137 e. The normalized spacial score (nSPS) is 11.9. The summed E-state index contributed by atoms with van der Waals surface area (Å²) < 4.78 is 9.28. The quantitative estimate of drug-likeness (QED) is 0.175. The van der Waals surface area contributed by atoms with Gasteiger partial charge in [0, 0.05) is 61.6 Å². The molecule has 11 aromatic rings. The average molecular weight is 670 g/mol. The molecule has 238 valence electrons. The van der Waals surface area contributed by atoms with Gasteiger partial charge in [0.15, 0.2) is 0 Å². The zero-order valence-electron chi connectivity index (χ0n) is 27.2. The summed E-state index contributed by atoms with van der Waals surface area (Å²) in [5.74, 6) is 0. The third-order valence-electron chi connectivity index (χ3n) is 10.2. The number of furan rings is 1. The fraction of sp³-hybridized carbons (Fsp3) is 0. The van der Waals surface area contributed by atoms with Crippen molar-refractivity contribution < 1.29 is 4.42 Å². The number of rotatable bonds is 4. The third-order valence-corrected chi connectivity index (χ3v) is 11.4. The van der Waals surface area contributed by atoms with Gasteiger partial charge in [0.25, 0.3) is 0 Å². The molecule has 0 fully saturated rings. The van der Waals surface area contributed by atoms with Crippen LogP contribution in [-0.4, -0.2) is 9.97 Å². The zero-order valence-corrected chi connectivity index (χ0v) is 28.1. The summed E-state index contributed by atoms with van der Waals surface area (Å²) in [5.41, 5.74) is 7.02. The van der Waals surface area contributed by atoms with Gasteiger partial charge in [-0.05, 0) is 86.4 Å². The van der Waals surface area contributed by atoms with E-state index in [9.17, 15) is 0 Å². The molecule has 0 aliphatic rings. The molecule has 0 amide bonds. The standard InChI is InChI=1S/C46H27N3OS/c1-3-10-34-32(8-1)33-9-2-4-11-35(33)40-24-44-41(23-39(34)40)36-21-20-31(22-43(36)50-44)49(30-18-16-28(17-19-30)29-25-47-27-48-26-29)42-14-7-13-38-37-12-5-6-15-45(37)51-46(38)42/h1-27H. The molecule has 0 unspecified atom stereocenters. The van der Waals surface area contributed by atoms with E-state index in [2.05, 4.69) is 160 Å². The first kappa shape index (κ1) is 28.3. The highest BCUT2D eigenvalue weighted by Gasteiger charge is 2.20. The molecule has 0 saturated carbocycles. The fourth-order valence-corrected chi connectivity index (χ4v) is 9.09. The summed E-state index contributed by atoms with van der Waals surface area (Å²) in [6, 6.07) is 52.6. The lowest BCUT2D eigenvalue weighted by Gasteiger charge is -2.26. The van der Waals surface area contributed by atoms with E-state index >= 15 is 0 Å². The van der Waals surface area contributed by atoms with E-state index in [4.69, 9.17) is 4.42 Å². The van der Waals surface area contributed by atoms with E-state index in [1.165, 1.54) is 52.5 Å². The molecule has 0 N–H and O–H groups in total. The minimum absolute atomic E-state index is 0.859. The smallest absolute Gasteiger partial charge is 0.137 e. The average Bonchev–Trinajstić information content (AvgIpc) is 3.76. The Morgan fingerprint density at radius 1 is 0.431 bits per heavy atom. The number of aromatic nitrogens is 2. The summed E-state index contributed by atoms with van der Waals surface area (Å²) in [7, 11) is 0. The van der Waals surface area contributed by atoms with Crippen molar-refractivity contribution in [3.05, 3.63) is 164 Å². The monoisotopic (exact) mass is 669 g/mol. The van der Waals surface area contributed by atoms with E-state index in [1.54, 1.807) is 6.33 Å². The Bertz CT molecular complexity index is 3140. The number of hydrogen-bond donors (Lipinski definition) is 0. The van der Waals surface area contributed by atoms with Gasteiger partial charge in [-0.3, -0.25) is 0 Å². The number of hydrogen-bond acceptors (Lipinski definition) is 5.